The molecule has 6 heteroatoms. The van der Waals surface area contributed by atoms with Gasteiger partial charge in [-0.15, -0.1) is 0 Å². The maximum absolute atomic E-state index is 11.9. The van der Waals surface area contributed by atoms with Crippen LogP contribution in [-0.2, 0) is 10.0 Å². The van der Waals surface area contributed by atoms with Crippen LogP contribution >= 0.6 is 22.6 Å². The van der Waals surface area contributed by atoms with Crippen LogP contribution in [0.4, 0.5) is 0 Å². The van der Waals surface area contributed by atoms with Gasteiger partial charge in [0.25, 0.3) is 0 Å². The third-order valence-corrected chi connectivity index (χ3v) is 4.27. The van der Waals surface area contributed by atoms with Crippen molar-refractivity contribution in [2.24, 2.45) is 0 Å². The molecular weight excluding hydrogens is 339 g/mol. The third kappa shape index (κ3) is 4.00. The van der Waals surface area contributed by atoms with Gasteiger partial charge in [-0.25, -0.2) is 13.1 Å². The molecule has 0 bridgehead atoms. The van der Waals surface area contributed by atoms with Crippen molar-refractivity contribution < 1.29 is 8.42 Å². The lowest BCUT2D eigenvalue weighted by atomic mass is 10.4. The normalized spacial score (nSPS) is 13.7. The Bertz CT molecular complexity index is 448. The van der Waals surface area contributed by atoms with E-state index in [9.17, 15) is 8.42 Å². The fourth-order valence-corrected chi connectivity index (χ4v) is 2.98. The van der Waals surface area contributed by atoms with Crippen molar-refractivity contribution in [2.75, 3.05) is 13.6 Å². The van der Waals surface area contributed by atoms with Crippen LogP contribution in [0, 0.1) is 3.57 Å². The van der Waals surface area contributed by atoms with E-state index in [0.29, 0.717) is 11.4 Å². The van der Waals surface area contributed by atoms with Gasteiger partial charge in [0.1, 0.15) is 0 Å². The maximum atomic E-state index is 11.9. The second-order valence-electron chi connectivity index (χ2n) is 3.50. The molecule has 0 radical (unpaired) electrons. The van der Waals surface area contributed by atoms with Crippen molar-refractivity contribution in [2.45, 2.75) is 17.9 Å². The molecule has 0 aliphatic carbocycles. The van der Waals surface area contributed by atoms with Crippen LogP contribution in [0.15, 0.2) is 29.2 Å². The molecule has 0 saturated heterocycles. The van der Waals surface area contributed by atoms with Crippen LogP contribution in [0.3, 0.4) is 0 Å². The lowest BCUT2D eigenvalue weighted by Gasteiger charge is -2.12. The highest BCUT2D eigenvalue weighted by Gasteiger charge is 2.14. The molecule has 0 saturated carbocycles. The minimum atomic E-state index is -3.38. The van der Waals surface area contributed by atoms with E-state index in [0.717, 1.165) is 3.57 Å². The summed E-state index contributed by atoms with van der Waals surface area (Å²) in [5.74, 6) is 0. The molecule has 0 amide bonds. The number of likely N-dealkylation sites (N-methyl/N-ethyl adjacent to an activating group) is 1. The molecule has 0 aliphatic rings. The monoisotopic (exact) mass is 354 g/mol. The summed E-state index contributed by atoms with van der Waals surface area (Å²) in [5, 5.41) is 2.97. The smallest absolute Gasteiger partial charge is 0.240 e. The lowest BCUT2D eigenvalue weighted by Crippen LogP contribution is -2.37. The Morgan fingerprint density at radius 3 is 2.69 bits per heavy atom. The van der Waals surface area contributed by atoms with Crippen molar-refractivity contribution in [1.82, 2.24) is 10.0 Å². The zero-order valence-corrected chi connectivity index (χ0v) is 12.2. The molecule has 0 heterocycles. The van der Waals surface area contributed by atoms with Gasteiger partial charge in [-0.1, -0.05) is 6.07 Å². The Morgan fingerprint density at radius 1 is 1.44 bits per heavy atom. The van der Waals surface area contributed by atoms with Crippen LogP contribution in [0.5, 0.6) is 0 Å². The minimum absolute atomic E-state index is 0.109. The standard InChI is InChI=1S/C10H15IN2O2S/c1-8(12-2)7-13-16(14,15)10-5-3-4-9(11)6-10/h3-6,8,12-13H,7H2,1-2H3. The van der Waals surface area contributed by atoms with Crippen LogP contribution < -0.4 is 10.0 Å². The predicted octanol–water partition coefficient (Wildman–Crippen LogP) is 1.18. The predicted molar refractivity (Wildman–Crippen MR) is 72.9 cm³/mol. The average molecular weight is 354 g/mol. The van der Waals surface area contributed by atoms with Crippen molar-refractivity contribution in [1.29, 1.82) is 0 Å². The Morgan fingerprint density at radius 2 is 2.12 bits per heavy atom. The number of hydrogen-bond acceptors (Lipinski definition) is 3. The molecule has 1 rings (SSSR count). The fraction of sp³-hybridized carbons (Fsp3) is 0.400. The number of rotatable bonds is 5. The number of sulfonamides is 1. The van der Waals surface area contributed by atoms with Crippen LogP contribution in [0.1, 0.15) is 6.92 Å². The van der Waals surface area contributed by atoms with E-state index < -0.39 is 10.0 Å². The van der Waals surface area contributed by atoms with Crippen LogP contribution in [-0.4, -0.2) is 28.1 Å². The van der Waals surface area contributed by atoms with Crippen molar-refractivity contribution in [3.05, 3.63) is 27.8 Å². The second kappa shape index (κ2) is 5.95. The summed E-state index contributed by atoms with van der Waals surface area (Å²) in [7, 11) is -1.59. The van der Waals surface area contributed by atoms with Gasteiger partial charge in [-0.2, -0.15) is 0 Å². The number of hydrogen-bond donors (Lipinski definition) is 2. The van der Waals surface area contributed by atoms with Crippen molar-refractivity contribution >= 4 is 32.6 Å². The highest BCUT2D eigenvalue weighted by molar-refractivity contribution is 14.1. The fourth-order valence-electron chi connectivity index (χ4n) is 1.05. The molecular formula is C10H15IN2O2S. The summed E-state index contributed by atoms with van der Waals surface area (Å²) in [6, 6.07) is 6.94. The molecule has 0 spiro atoms. The molecule has 16 heavy (non-hydrogen) atoms. The highest BCUT2D eigenvalue weighted by Crippen LogP contribution is 2.12. The number of benzene rings is 1. The number of nitrogens with one attached hydrogen (secondary N) is 2. The Balaban J connectivity index is 2.78. The molecule has 1 aromatic carbocycles. The summed E-state index contributed by atoms with van der Waals surface area (Å²) in [6.45, 7) is 2.29. The van der Waals surface area contributed by atoms with E-state index >= 15 is 0 Å². The molecule has 4 nitrogen and oxygen atoms in total. The molecule has 1 aromatic rings. The third-order valence-electron chi connectivity index (χ3n) is 2.18. The van der Waals surface area contributed by atoms with E-state index in [2.05, 4.69) is 32.6 Å². The topological polar surface area (TPSA) is 58.2 Å². The summed E-state index contributed by atoms with van der Waals surface area (Å²) < 4.78 is 27.2. The Kier molecular flexibility index (Phi) is 5.16. The number of halogens is 1. The summed E-state index contributed by atoms with van der Waals surface area (Å²) >= 11 is 2.09. The SMILES string of the molecule is CNC(C)CNS(=O)(=O)c1cccc(I)c1. The first-order valence-electron chi connectivity index (χ1n) is 4.88. The second-order valence-corrected chi connectivity index (χ2v) is 6.51. The molecule has 0 aliphatic heterocycles. The van der Waals surface area contributed by atoms with Crippen LogP contribution in [0.25, 0.3) is 0 Å². The maximum Gasteiger partial charge on any atom is 0.240 e. The van der Waals surface area contributed by atoms with Gasteiger partial charge in [-0.05, 0) is 54.8 Å². The molecule has 90 valence electrons. The van der Waals surface area contributed by atoms with E-state index in [-0.39, 0.29) is 6.04 Å². The van der Waals surface area contributed by atoms with Gasteiger partial charge in [0.2, 0.25) is 10.0 Å². The Labute approximate surface area is 110 Å². The van der Waals surface area contributed by atoms with E-state index in [1.54, 1.807) is 25.2 Å². The first kappa shape index (κ1) is 13.9. The zero-order chi connectivity index (χ0) is 12.2. The largest absolute Gasteiger partial charge is 0.316 e. The molecule has 0 aromatic heterocycles. The molecule has 1 atom stereocenters. The minimum Gasteiger partial charge on any atom is -0.316 e. The first-order valence-corrected chi connectivity index (χ1v) is 7.44. The van der Waals surface area contributed by atoms with Gasteiger partial charge in [-0.3, -0.25) is 0 Å². The average Bonchev–Trinajstić information content (AvgIpc) is 2.26. The highest BCUT2D eigenvalue weighted by atomic mass is 127. The zero-order valence-electron chi connectivity index (χ0n) is 9.20. The quantitative estimate of drug-likeness (QED) is 0.781. The van der Waals surface area contributed by atoms with Gasteiger partial charge in [0.05, 0.1) is 4.90 Å². The van der Waals surface area contributed by atoms with Gasteiger partial charge >= 0.3 is 0 Å². The van der Waals surface area contributed by atoms with Crippen LogP contribution in [0.2, 0.25) is 0 Å². The summed E-state index contributed by atoms with van der Waals surface area (Å²) in [5.41, 5.74) is 0. The molecule has 0 fully saturated rings. The van der Waals surface area contributed by atoms with E-state index in [1.807, 2.05) is 13.0 Å². The van der Waals surface area contributed by atoms with Crippen molar-refractivity contribution in [3.8, 4) is 0 Å². The summed E-state index contributed by atoms with van der Waals surface area (Å²) in [4.78, 5) is 0.308. The summed E-state index contributed by atoms with van der Waals surface area (Å²) in [6.07, 6.45) is 0. The van der Waals surface area contributed by atoms with Gasteiger partial charge in [0.15, 0.2) is 0 Å². The van der Waals surface area contributed by atoms with Gasteiger partial charge < -0.3 is 5.32 Å². The van der Waals surface area contributed by atoms with E-state index in [1.165, 1.54) is 0 Å². The first-order chi connectivity index (χ1) is 7.45. The van der Waals surface area contributed by atoms with Crippen molar-refractivity contribution in [3.63, 3.8) is 0 Å². The molecule has 2 N–H and O–H groups in total. The van der Waals surface area contributed by atoms with E-state index in [4.69, 9.17) is 0 Å². The lowest BCUT2D eigenvalue weighted by molar-refractivity contribution is 0.554. The molecule has 1 unspecified atom stereocenters. The van der Waals surface area contributed by atoms with Gasteiger partial charge in [0, 0.05) is 16.2 Å². The Hall–Kier alpha value is -0.180.